The number of carbonyl (C=O) groups excluding carboxylic acids is 1. The molecular formula is C20H22N4O2. The Labute approximate surface area is 152 Å². The van der Waals surface area contributed by atoms with E-state index in [0.717, 1.165) is 28.1 Å². The number of carbonyl (C=O) groups is 1. The molecule has 0 saturated heterocycles. The van der Waals surface area contributed by atoms with Crippen LogP contribution in [-0.2, 0) is 6.54 Å². The molecule has 0 saturated carbocycles. The molecule has 3 aromatic rings. The lowest BCUT2D eigenvalue weighted by molar-refractivity contribution is 0.0772. The van der Waals surface area contributed by atoms with E-state index < -0.39 is 0 Å². The van der Waals surface area contributed by atoms with Gasteiger partial charge in [0.2, 0.25) is 0 Å². The van der Waals surface area contributed by atoms with Gasteiger partial charge in [-0.25, -0.2) is 4.98 Å². The molecular weight excluding hydrogens is 328 g/mol. The van der Waals surface area contributed by atoms with E-state index >= 15 is 0 Å². The average molecular weight is 350 g/mol. The first kappa shape index (κ1) is 17.7. The molecule has 0 aliphatic heterocycles. The van der Waals surface area contributed by atoms with Crippen LogP contribution in [0.15, 0.2) is 40.9 Å². The second-order valence-corrected chi connectivity index (χ2v) is 6.50. The Kier molecular flexibility index (Phi) is 4.75. The smallest absolute Gasteiger partial charge is 0.254 e. The summed E-state index contributed by atoms with van der Waals surface area (Å²) in [5.74, 6) is 1.10. The minimum Gasteiger partial charge on any atom is -0.384 e. The molecule has 2 heterocycles. The van der Waals surface area contributed by atoms with Gasteiger partial charge in [-0.3, -0.25) is 4.79 Å². The van der Waals surface area contributed by atoms with E-state index in [4.69, 9.17) is 10.3 Å². The van der Waals surface area contributed by atoms with Crippen molar-refractivity contribution in [2.45, 2.75) is 27.3 Å². The van der Waals surface area contributed by atoms with Crippen LogP contribution in [0.1, 0.15) is 33.1 Å². The topological polar surface area (TPSA) is 85.2 Å². The van der Waals surface area contributed by atoms with Gasteiger partial charge in [0, 0.05) is 29.9 Å². The van der Waals surface area contributed by atoms with Crippen molar-refractivity contribution < 1.29 is 9.32 Å². The van der Waals surface area contributed by atoms with Crippen LogP contribution < -0.4 is 5.73 Å². The number of aryl methyl sites for hydroxylation is 3. The van der Waals surface area contributed by atoms with Gasteiger partial charge in [0.25, 0.3) is 5.91 Å². The largest absolute Gasteiger partial charge is 0.384 e. The summed E-state index contributed by atoms with van der Waals surface area (Å²) in [7, 11) is 1.74. The van der Waals surface area contributed by atoms with Crippen LogP contribution in [0.25, 0.3) is 11.1 Å². The molecule has 1 aromatic carbocycles. The summed E-state index contributed by atoms with van der Waals surface area (Å²) in [6, 6.07) is 11.2. The molecule has 0 unspecified atom stereocenters. The number of amides is 1. The van der Waals surface area contributed by atoms with Crippen molar-refractivity contribution in [2.24, 2.45) is 0 Å². The van der Waals surface area contributed by atoms with Crippen molar-refractivity contribution in [3.63, 3.8) is 0 Å². The van der Waals surface area contributed by atoms with Gasteiger partial charge in [0.1, 0.15) is 5.82 Å². The number of pyridine rings is 1. The first-order valence-corrected chi connectivity index (χ1v) is 8.37. The van der Waals surface area contributed by atoms with E-state index in [9.17, 15) is 4.79 Å². The van der Waals surface area contributed by atoms with Crippen molar-refractivity contribution >= 4 is 11.7 Å². The van der Waals surface area contributed by atoms with Crippen LogP contribution in [-0.4, -0.2) is 28.0 Å². The average Bonchev–Trinajstić information content (AvgIpc) is 2.98. The zero-order valence-corrected chi connectivity index (χ0v) is 15.4. The van der Waals surface area contributed by atoms with Gasteiger partial charge >= 0.3 is 0 Å². The Bertz CT molecular complexity index is 922. The van der Waals surface area contributed by atoms with Gasteiger partial charge in [-0.15, -0.1) is 0 Å². The van der Waals surface area contributed by atoms with Gasteiger partial charge in [-0.05, 0) is 50.1 Å². The predicted octanol–water partition coefficient (Wildman–Crippen LogP) is 3.52. The molecule has 6 heteroatoms. The maximum Gasteiger partial charge on any atom is 0.254 e. The zero-order valence-electron chi connectivity index (χ0n) is 15.4. The first-order valence-electron chi connectivity index (χ1n) is 8.37. The van der Waals surface area contributed by atoms with Crippen molar-refractivity contribution in [3.05, 3.63) is 64.7 Å². The number of nitrogens with two attached hydrogens (primary N) is 1. The normalized spacial score (nSPS) is 10.8. The standard InChI is InChI=1S/C20H22N4O2/c1-12-9-18(21)22-14(3)19(12)15-5-7-16(8-6-15)20(25)24(4)11-17-10-13(2)23-26-17/h5-10H,11H2,1-4H3,(H2,21,22). The van der Waals surface area contributed by atoms with Gasteiger partial charge in [0.15, 0.2) is 5.76 Å². The third-order valence-electron chi connectivity index (χ3n) is 4.25. The van der Waals surface area contributed by atoms with Crippen molar-refractivity contribution in [1.82, 2.24) is 15.0 Å². The highest BCUT2D eigenvalue weighted by atomic mass is 16.5. The summed E-state index contributed by atoms with van der Waals surface area (Å²) in [5, 5.41) is 3.84. The maximum atomic E-state index is 12.6. The fraction of sp³-hybridized carbons (Fsp3) is 0.250. The SMILES string of the molecule is Cc1cc(CN(C)C(=O)c2ccc(-c3c(C)cc(N)nc3C)cc2)on1. The summed E-state index contributed by atoms with van der Waals surface area (Å²) in [6.07, 6.45) is 0. The van der Waals surface area contributed by atoms with E-state index in [2.05, 4.69) is 10.1 Å². The molecule has 0 radical (unpaired) electrons. The zero-order chi connectivity index (χ0) is 18.8. The van der Waals surface area contributed by atoms with Gasteiger partial charge < -0.3 is 15.2 Å². The Balaban J connectivity index is 1.80. The first-order chi connectivity index (χ1) is 12.3. The Morgan fingerprint density at radius 3 is 2.42 bits per heavy atom. The fourth-order valence-electron chi connectivity index (χ4n) is 3.09. The summed E-state index contributed by atoms with van der Waals surface area (Å²) in [6.45, 7) is 6.17. The molecule has 0 fully saturated rings. The molecule has 0 aliphatic carbocycles. The maximum absolute atomic E-state index is 12.6. The lowest BCUT2D eigenvalue weighted by atomic mass is 9.98. The molecule has 3 rings (SSSR count). The minimum absolute atomic E-state index is 0.0746. The van der Waals surface area contributed by atoms with Crippen LogP contribution in [0, 0.1) is 20.8 Å². The van der Waals surface area contributed by atoms with Crippen LogP contribution in [0.2, 0.25) is 0 Å². The Hall–Kier alpha value is -3.15. The molecule has 0 bridgehead atoms. The lowest BCUT2D eigenvalue weighted by Gasteiger charge is -2.16. The monoisotopic (exact) mass is 350 g/mol. The highest BCUT2D eigenvalue weighted by Crippen LogP contribution is 2.27. The molecule has 134 valence electrons. The molecule has 2 aromatic heterocycles. The van der Waals surface area contributed by atoms with Gasteiger partial charge in [0.05, 0.1) is 12.2 Å². The Morgan fingerprint density at radius 1 is 1.15 bits per heavy atom. The molecule has 0 aliphatic rings. The summed E-state index contributed by atoms with van der Waals surface area (Å²) >= 11 is 0. The quantitative estimate of drug-likeness (QED) is 0.778. The number of benzene rings is 1. The summed E-state index contributed by atoms with van der Waals surface area (Å²) in [4.78, 5) is 18.6. The molecule has 1 amide bonds. The lowest BCUT2D eigenvalue weighted by Crippen LogP contribution is -2.25. The number of aromatic nitrogens is 2. The predicted molar refractivity (Wildman–Crippen MR) is 101 cm³/mol. The van der Waals surface area contributed by atoms with Gasteiger partial charge in [-0.1, -0.05) is 17.3 Å². The molecule has 0 spiro atoms. The summed E-state index contributed by atoms with van der Waals surface area (Å²) in [5.41, 5.74) is 11.2. The van der Waals surface area contributed by atoms with Crippen LogP contribution >= 0.6 is 0 Å². The number of nitrogens with zero attached hydrogens (tertiary/aromatic N) is 3. The van der Waals surface area contributed by atoms with E-state index in [1.807, 2.05) is 57.2 Å². The number of nitrogen functional groups attached to an aromatic ring is 1. The minimum atomic E-state index is -0.0746. The number of hydrogen-bond donors (Lipinski definition) is 1. The molecule has 0 atom stereocenters. The van der Waals surface area contributed by atoms with Crippen molar-refractivity contribution in [2.75, 3.05) is 12.8 Å². The fourth-order valence-corrected chi connectivity index (χ4v) is 3.09. The van der Waals surface area contributed by atoms with Crippen LogP contribution in [0.3, 0.4) is 0 Å². The second-order valence-electron chi connectivity index (χ2n) is 6.50. The molecule has 6 nitrogen and oxygen atoms in total. The van der Waals surface area contributed by atoms with Gasteiger partial charge in [-0.2, -0.15) is 0 Å². The van der Waals surface area contributed by atoms with E-state index in [-0.39, 0.29) is 5.91 Å². The van der Waals surface area contributed by atoms with Crippen LogP contribution in [0.5, 0.6) is 0 Å². The Morgan fingerprint density at radius 2 is 1.85 bits per heavy atom. The highest BCUT2D eigenvalue weighted by molar-refractivity contribution is 5.94. The van der Waals surface area contributed by atoms with E-state index in [0.29, 0.717) is 23.7 Å². The van der Waals surface area contributed by atoms with E-state index in [1.165, 1.54) is 0 Å². The number of rotatable bonds is 4. The number of hydrogen-bond acceptors (Lipinski definition) is 5. The highest BCUT2D eigenvalue weighted by Gasteiger charge is 2.15. The third-order valence-corrected chi connectivity index (χ3v) is 4.25. The number of anilines is 1. The van der Waals surface area contributed by atoms with Crippen molar-refractivity contribution in [3.8, 4) is 11.1 Å². The molecule has 26 heavy (non-hydrogen) atoms. The summed E-state index contributed by atoms with van der Waals surface area (Å²) < 4.78 is 5.17. The van der Waals surface area contributed by atoms with Crippen LogP contribution in [0.4, 0.5) is 5.82 Å². The molecule has 2 N–H and O–H groups in total. The second kappa shape index (κ2) is 7.00. The third kappa shape index (κ3) is 3.59. The van der Waals surface area contributed by atoms with E-state index in [1.54, 1.807) is 11.9 Å². The van der Waals surface area contributed by atoms with Crippen molar-refractivity contribution in [1.29, 1.82) is 0 Å².